The van der Waals surface area contributed by atoms with Gasteiger partial charge >= 0.3 is 10.2 Å². The first kappa shape index (κ1) is 17.0. The van der Waals surface area contributed by atoms with E-state index in [0.29, 0.717) is 25.9 Å². The number of nitrogens with zero attached hydrogens (tertiary/aromatic N) is 1. The molecule has 0 radical (unpaired) electrons. The summed E-state index contributed by atoms with van der Waals surface area (Å²) >= 11 is 8.97. The van der Waals surface area contributed by atoms with Gasteiger partial charge in [-0.2, -0.15) is 12.7 Å². The summed E-state index contributed by atoms with van der Waals surface area (Å²) in [5, 5.41) is 9.05. The number of benzene rings is 1. The first-order valence-electron chi connectivity index (χ1n) is 6.37. The Balaban J connectivity index is 2.15. The Morgan fingerprint density at radius 2 is 2.05 bits per heavy atom. The van der Waals surface area contributed by atoms with E-state index in [9.17, 15) is 12.8 Å². The minimum absolute atomic E-state index is 0.0179. The van der Waals surface area contributed by atoms with Gasteiger partial charge < -0.3 is 5.11 Å². The first-order valence-corrected chi connectivity index (χ1v) is 8.98. The Morgan fingerprint density at radius 3 is 2.57 bits per heavy atom. The number of aliphatic hydroxyl groups excluding tert-OH is 1. The summed E-state index contributed by atoms with van der Waals surface area (Å²) in [6.07, 6.45) is 1.21. The maximum Gasteiger partial charge on any atom is 0.301 e. The van der Waals surface area contributed by atoms with Crippen molar-refractivity contribution < 1.29 is 17.9 Å². The smallest absolute Gasteiger partial charge is 0.301 e. The molecule has 1 aromatic carbocycles. The van der Waals surface area contributed by atoms with Crippen LogP contribution in [-0.4, -0.2) is 37.5 Å². The van der Waals surface area contributed by atoms with Crippen LogP contribution in [0, 0.1) is 11.7 Å². The molecule has 1 aliphatic rings. The zero-order valence-electron chi connectivity index (χ0n) is 11.0. The van der Waals surface area contributed by atoms with Gasteiger partial charge in [0.1, 0.15) is 5.82 Å². The molecule has 9 heteroatoms. The van der Waals surface area contributed by atoms with E-state index in [1.165, 1.54) is 4.31 Å². The fourth-order valence-corrected chi connectivity index (χ4v) is 4.55. The summed E-state index contributed by atoms with van der Waals surface area (Å²) in [5.74, 6) is -0.420. The van der Waals surface area contributed by atoms with Gasteiger partial charge in [-0.05, 0) is 46.8 Å². The molecule has 5 nitrogen and oxygen atoms in total. The maximum absolute atomic E-state index is 13.2. The lowest BCUT2D eigenvalue weighted by atomic mass is 10.00. The van der Waals surface area contributed by atoms with Gasteiger partial charge in [0, 0.05) is 24.2 Å². The van der Waals surface area contributed by atoms with Crippen LogP contribution in [0.4, 0.5) is 10.1 Å². The predicted octanol–water partition coefficient (Wildman–Crippen LogP) is 2.60. The van der Waals surface area contributed by atoms with Crippen LogP contribution in [0.1, 0.15) is 12.8 Å². The highest BCUT2D eigenvalue weighted by Crippen LogP contribution is 2.33. The van der Waals surface area contributed by atoms with E-state index in [2.05, 4.69) is 20.7 Å². The van der Waals surface area contributed by atoms with E-state index in [1.807, 2.05) is 0 Å². The fraction of sp³-hybridized carbons (Fsp3) is 0.500. The van der Waals surface area contributed by atoms with Crippen molar-refractivity contribution in [3.8, 4) is 0 Å². The molecule has 2 N–H and O–H groups in total. The number of aliphatic hydroxyl groups is 1. The molecule has 1 heterocycles. The highest BCUT2D eigenvalue weighted by molar-refractivity contribution is 9.10. The number of piperidine rings is 1. The predicted molar refractivity (Wildman–Crippen MR) is 83.0 cm³/mol. The summed E-state index contributed by atoms with van der Waals surface area (Å²) in [6.45, 7) is 0.727. The van der Waals surface area contributed by atoms with Crippen molar-refractivity contribution in [1.82, 2.24) is 4.31 Å². The topological polar surface area (TPSA) is 69.6 Å². The quantitative estimate of drug-likeness (QED) is 0.815. The van der Waals surface area contributed by atoms with E-state index in [4.69, 9.17) is 16.7 Å². The van der Waals surface area contributed by atoms with Crippen LogP contribution in [0.5, 0.6) is 0 Å². The van der Waals surface area contributed by atoms with Crippen LogP contribution in [0.3, 0.4) is 0 Å². The lowest BCUT2D eigenvalue weighted by molar-refractivity contribution is 0.170. The Labute approximate surface area is 136 Å². The standard InChI is InChI=1S/C12H15BrClFN2O3S/c13-10-5-9(15)6-11(14)12(10)16-21(19,20)17-3-1-8(7-18)2-4-17/h5-6,8,16,18H,1-4,7H2. The van der Waals surface area contributed by atoms with Gasteiger partial charge in [-0.15, -0.1) is 0 Å². The lowest BCUT2D eigenvalue weighted by Gasteiger charge is -2.30. The average molecular weight is 402 g/mol. The van der Waals surface area contributed by atoms with Crippen molar-refractivity contribution in [3.63, 3.8) is 0 Å². The number of rotatable bonds is 4. The molecule has 0 saturated carbocycles. The largest absolute Gasteiger partial charge is 0.396 e. The Morgan fingerprint density at radius 1 is 1.43 bits per heavy atom. The highest BCUT2D eigenvalue weighted by Gasteiger charge is 2.28. The molecule has 0 aliphatic carbocycles. The molecule has 1 aliphatic heterocycles. The second-order valence-corrected chi connectivity index (χ2v) is 7.81. The van der Waals surface area contributed by atoms with E-state index in [0.717, 1.165) is 12.1 Å². The first-order chi connectivity index (χ1) is 9.83. The molecular weight excluding hydrogens is 387 g/mol. The minimum Gasteiger partial charge on any atom is -0.396 e. The third-order valence-corrected chi connectivity index (χ3v) is 5.84. The van der Waals surface area contributed by atoms with E-state index in [1.54, 1.807) is 0 Å². The van der Waals surface area contributed by atoms with Crippen LogP contribution in [-0.2, 0) is 10.2 Å². The molecular formula is C12H15BrClFN2O3S. The zero-order chi connectivity index (χ0) is 15.6. The Kier molecular flexibility index (Phi) is 5.48. The molecule has 2 rings (SSSR count). The zero-order valence-corrected chi connectivity index (χ0v) is 14.2. The Hall–Kier alpha value is -0.410. The molecule has 0 amide bonds. The van der Waals surface area contributed by atoms with Crippen LogP contribution in [0.2, 0.25) is 5.02 Å². The summed E-state index contributed by atoms with van der Waals surface area (Å²) in [5.41, 5.74) is 0.113. The van der Waals surface area contributed by atoms with Crippen molar-refractivity contribution in [2.75, 3.05) is 24.4 Å². The molecule has 0 atom stereocenters. The van der Waals surface area contributed by atoms with Crippen molar-refractivity contribution in [1.29, 1.82) is 0 Å². The number of nitrogens with one attached hydrogen (secondary N) is 1. The van der Waals surface area contributed by atoms with Crippen LogP contribution >= 0.6 is 27.5 Å². The number of hydrogen-bond donors (Lipinski definition) is 2. The van der Waals surface area contributed by atoms with Crippen LogP contribution < -0.4 is 4.72 Å². The molecule has 0 spiro atoms. The van der Waals surface area contributed by atoms with Crippen LogP contribution in [0.15, 0.2) is 16.6 Å². The molecule has 0 aromatic heterocycles. The fourth-order valence-electron chi connectivity index (χ4n) is 2.17. The second kappa shape index (κ2) is 6.78. The monoisotopic (exact) mass is 400 g/mol. The molecule has 21 heavy (non-hydrogen) atoms. The van der Waals surface area contributed by atoms with Gasteiger partial charge in [0.15, 0.2) is 0 Å². The molecule has 1 fully saturated rings. The normalized spacial score (nSPS) is 17.9. The minimum atomic E-state index is -3.76. The third-order valence-electron chi connectivity index (χ3n) is 3.41. The SMILES string of the molecule is O=S(=O)(Nc1c(Cl)cc(F)cc1Br)N1CCC(CO)CC1. The van der Waals surface area contributed by atoms with E-state index >= 15 is 0 Å². The van der Waals surface area contributed by atoms with Gasteiger partial charge in [0.2, 0.25) is 0 Å². The summed E-state index contributed by atoms with van der Waals surface area (Å²) in [6, 6.07) is 2.18. The number of halogens is 3. The molecule has 0 unspecified atom stereocenters. The summed E-state index contributed by atoms with van der Waals surface area (Å²) in [4.78, 5) is 0. The van der Waals surface area contributed by atoms with E-state index < -0.39 is 16.0 Å². The van der Waals surface area contributed by atoms with Crippen molar-refractivity contribution in [2.24, 2.45) is 5.92 Å². The van der Waals surface area contributed by atoms with E-state index in [-0.39, 0.29) is 27.7 Å². The lowest BCUT2D eigenvalue weighted by Crippen LogP contribution is -2.42. The molecule has 0 bridgehead atoms. The second-order valence-electron chi connectivity index (χ2n) is 4.88. The summed E-state index contributed by atoms with van der Waals surface area (Å²) in [7, 11) is -3.76. The van der Waals surface area contributed by atoms with Gasteiger partial charge in [0.05, 0.1) is 10.7 Å². The molecule has 1 aromatic rings. The molecule has 118 valence electrons. The van der Waals surface area contributed by atoms with Gasteiger partial charge in [-0.1, -0.05) is 11.6 Å². The number of anilines is 1. The Bertz CT molecular complexity index is 598. The summed E-state index contributed by atoms with van der Waals surface area (Å²) < 4.78 is 41.7. The third kappa shape index (κ3) is 4.07. The van der Waals surface area contributed by atoms with Gasteiger partial charge in [0.25, 0.3) is 0 Å². The number of hydrogen-bond acceptors (Lipinski definition) is 3. The average Bonchev–Trinajstić information content (AvgIpc) is 2.43. The van der Waals surface area contributed by atoms with Crippen molar-refractivity contribution in [2.45, 2.75) is 12.8 Å². The van der Waals surface area contributed by atoms with Gasteiger partial charge in [-0.25, -0.2) is 4.39 Å². The van der Waals surface area contributed by atoms with Crippen LogP contribution in [0.25, 0.3) is 0 Å². The van der Waals surface area contributed by atoms with Crippen molar-refractivity contribution >= 4 is 43.4 Å². The molecule has 1 saturated heterocycles. The van der Waals surface area contributed by atoms with Crippen molar-refractivity contribution in [3.05, 3.63) is 27.4 Å². The van der Waals surface area contributed by atoms with Gasteiger partial charge in [-0.3, -0.25) is 4.72 Å². The maximum atomic E-state index is 13.2. The highest BCUT2D eigenvalue weighted by atomic mass is 79.9.